The maximum Gasteiger partial charge on any atom is 0.239 e. The molecule has 2 N–H and O–H groups in total. The van der Waals surface area contributed by atoms with Gasteiger partial charge in [-0.3, -0.25) is 4.79 Å². The van der Waals surface area contributed by atoms with Crippen LogP contribution >= 0.6 is 0 Å². The molecule has 114 valence electrons. The van der Waals surface area contributed by atoms with Gasteiger partial charge in [-0.15, -0.1) is 0 Å². The molecule has 0 aliphatic rings. The number of nitriles is 1. The minimum atomic E-state index is -0.435. The fraction of sp³-hybridized carbons (Fsp3) is 0.529. The summed E-state index contributed by atoms with van der Waals surface area (Å²) in [7, 11) is 0. The average molecular weight is 287 g/mol. The van der Waals surface area contributed by atoms with Crippen molar-refractivity contribution in [2.24, 2.45) is 11.7 Å². The lowest BCUT2D eigenvalue weighted by Crippen LogP contribution is -2.44. The lowest BCUT2D eigenvalue weighted by molar-refractivity contribution is -0.133. The zero-order valence-electron chi connectivity index (χ0n) is 13.2. The van der Waals surface area contributed by atoms with Crippen LogP contribution in [0.3, 0.4) is 0 Å². The Labute approximate surface area is 127 Å². The van der Waals surface area contributed by atoms with Crippen LogP contribution in [0.4, 0.5) is 0 Å². The standard InChI is InChI=1S/C17H25N3O/c1-4-9-20(17(21)16(19)10-13(2)3)12-15-7-5-14(11-18)6-8-15/h5-8,13,16H,4,9-10,12,19H2,1-3H3/t16-/m0/s1. The summed E-state index contributed by atoms with van der Waals surface area (Å²) in [5, 5.41) is 8.81. The molecule has 1 aromatic rings. The van der Waals surface area contributed by atoms with Crippen LogP contribution in [0.15, 0.2) is 24.3 Å². The number of carbonyl (C=O) groups is 1. The third-order valence-electron chi connectivity index (χ3n) is 3.30. The number of nitrogens with zero attached hydrogens (tertiary/aromatic N) is 2. The summed E-state index contributed by atoms with van der Waals surface area (Å²) in [4.78, 5) is 14.3. The van der Waals surface area contributed by atoms with Gasteiger partial charge in [0.1, 0.15) is 0 Å². The molecule has 1 aromatic carbocycles. The van der Waals surface area contributed by atoms with Gasteiger partial charge in [-0.2, -0.15) is 5.26 Å². The van der Waals surface area contributed by atoms with Gasteiger partial charge in [-0.1, -0.05) is 32.9 Å². The first-order valence-electron chi connectivity index (χ1n) is 7.51. The minimum absolute atomic E-state index is 0.00918. The number of carbonyl (C=O) groups excluding carboxylic acids is 1. The molecule has 0 aliphatic heterocycles. The highest BCUT2D eigenvalue weighted by atomic mass is 16.2. The van der Waals surface area contributed by atoms with Crippen LogP contribution in [0, 0.1) is 17.2 Å². The van der Waals surface area contributed by atoms with Gasteiger partial charge in [-0.05, 0) is 36.5 Å². The zero-order valence-corrected chi connectivity index (χ0v) is 13.2. The summed E-state index contributed by atoms with van der Waals surface area (Å²) in [5.41, 5.74) is 7.66. The highest BCUT2D eigenvalue weighted by Crippen LogP contribution is 2.11. The molecule has 0 aromatic heterocycles. The van der Waals surface area contributed by atoms with Crippen LogP contribution in [-0.4, -0.2) is 23.4 Å². The zero-order chi connectivity index (χ0) is 15.8. The fourth-order valence-electron chi connectivity index (χ4n) is 2.29. The van der Waals surface area contributed by atoms with Gasteiger partial charge in [0.2, 0.25) is 5.91 Å². The summed E-state index contributed by atoms with van der Waals surface area (Å²) in [6.45, 7) is 7.43. The number of hydrogen-bond donors (Lipinski definition) is 1. The number of rotatable bonds is 7. The number of hydrogen-bond acceptors (Lipinski definition) is 3. The maximum absolute atomic E-state index is 12.4. The van der Waals surface area contributed by atoms with Crippen LogP contribution < -0.4 is 5.73 Å². The molecule has 1 rings (SSSR count). The van der Waals surface area contributed by atoms with Gasteiger partial charge in [0.15, 0.2) is 0 Å². The number of benzene rings is 1. The molecule has 0 spiro atoms. The van der Waals surface area contributed by atoms with Crippen LogP contribution in [0.1, 0.15) is 44.7 Å². The second-order valence-electron chi connectivity index (χ2n) is 5.80. The molecular weight excluding hydrogens is 262 g/mol. The van der Waals surface area contributed by atoms with Crippen LogP contribution in [0.25, 0.3) is 0 Å². The number of amides is 1. The van der Waals surface area contributed by atoms with E-state index in [9.17, 15) is 4.79 Å². The van der Waals surface area contributed by atoms with Crippen molar-refractivity contribution >= 4 is 5.91 Å². The second kappa shape index (κ2) is 8.43. The first kappa shape index (κ1) is 17.2. The van der Waals surface area contributed by atoms with Crippen LogP contribution in [0.2, 0.25) is 0 Å². The normalized spacial score (nSPS) is 12.0. The molecule has 0 saturated heterocycles. The van der Waals surface area contributed by atoms with E-state index in [0.29, 0.717) is 31.0 Å². The van der Waals surface area contributed by atoms with Gasteiger partial charge in [0.25, 0.3) is 0 Å². The Morgan fingerprint density at radius 3 is 2.43 bits per heavy atom. The van der Waals surface area contributed by atoms with E-state index in [-0.39, 0.29) is 5.91 Å². The van der Waals surface area contributed by atoms with E-state index in [1.54, 1.807) is 12.1 Å². The predicted molar refractivity (Wildman–Crippen MR) is 84.3 cm³/mol. The minimum Gasteiger partial charge on any atom is -0.337 e. The second-order valence-corrected chi connectivity index (χ2v) is 5.80. The van der Waals surface area contributed by atoms with Crippen molar-refractivity contribution in [3.05, 3.63) is 35.4 Å². The van der Waals surface area contributed by atoms with Gasteiger partial charge < -0.3 is 10.6 Å². The van der Waals surface area contributed by atoms with Gasteiger partial charge in [-0.25, -0.2) is 0 Å². The van der Waals surface area contributed by atoms with Gasteiger partial charge >= 0.3 is 0 Å². The number of nitrogens with two attached hydrogens (primary N) is 1. The topological polar surface area (TPSA) is 70.1 Å². The summed E-state index contributed by atoms with van der Waals surface area (Å²) in [6.07, 6.45) is 1.60. The highest BCUT2D eigenvalue weighted by molar-refractivity contribution is 5.81. The monoisotopic (exact) mass is 287 g/mol. The maximum atomic E-state index is 12.4. The quantitative estimate of drug-likeness (QED) is 0.838. The molecule has 0 radical (unpaired) electrons. The summed E-state index contributed by atoms with van der Waals surface area (Å²) in [6, 6.07) is 8.99. The molecule has 0 fully saturated rings. The van der Waals surface area contributed by atoms with Crippen LogP contribution in [-0.2, 0) is 11.3 Å². The lowest BCUT2D eigenvalue weighted by Gasteiger charge is -2.26. The van der Waals surface area contributed by atoms with E-state index in [0.717, 1.165) is 12.0 Å². The molecule has 4 heteroatoms. The first-order chi connectivity index (χ1) is 9.97. The molecule has 1 amide bonds. The molecule has 0 heterocycles. The van der Waals surface area contributed by atoms with E-state index in [4.69, 9.17) is 11.0 Å². The molecule has 4 nitrogen and oxygen atoms in total. The smallest absolute Gasteiger partial charge is 0.239 e. The Balaban J connectivity index is 2.76. The Bertz CT molecular complexity index is 488. The van der Waals surface area contributed by atoms with E-state index in [1.165, 1.54) is 0 Å². The molecule has 0 saturated carbocycles. The van der Waals surface area contributed by atoms with Crippen molar-refractivity contribution in [2.75, 3.05) is 6.54 Å². The third-order valence-corrected chi connectivity index (χ3v) is 3.30. The molecule has 0 unspecified atom stereocenters. The Morgan fingerprint density at radius 2 is 1.95 bits per heavy atom. The largest absolute Gasteiger partial charge is 0.337 e. The third kappa shape index (κ3) is 5.57. The Kier molecular flexibility index (Phi) is 6.90. The van der Waals surface area contributed by atoms with Crippen molar-refractivity contribution in [3.63, 3.8) is 0 Å². The Hall–Kier alpha value is -1.86. The SMILES string of the molecule is CCCN(Cc1ccc(C#N)cc1)C(=O)[C@@H](N)CC(C)C. The average Bonchev–Trinajstić information content (AvgIpc) is 2.46. The van der Waals surface area contributed by atoms with Crippen molar-refractivity contribution < 1.29 is 4.79 Å². The van der Waals surface area contributed by atoms with Gasteiger partial charge in [0, 0.05) is 13.1 Å². The molecular formula is C17H25N3O. The summed E-state index contributed by atoms with van der Waals surface area (Å²) < 4.78 is 0. The predicted octanol–water partition coefficient (Wildman–Crippen LogP) is 2.67. The first-order valence-corrected chi connectivity index (χ1v) is 7.51. The van der Waals surface area contributed by atoms with E-state index < -0.39 is 6.04 Å². The van der Waals surface area contributed by atoms with Crippen LogP contribution in [0.5, 0.6) is 0 Å². The van der Waals surface area contributed by atoms with Crippen molar-refractivity contribution in [1.82, 2.24) is 4.90 Å². The van der Waals surface area contributed by atoms with Crippen molar-refractivity contribution in [3.8, 4) is 6.07 Å². The van der Waals surface area contributed by atoms with E-state index in [2.05, 4.69) is 19.9 Å². The summed E-state index contributed by atoms with van der Waals surface area (Å²) in [5.74, 6) is 0.414. The highest BCUT2D eigenvalue weighted by Gasteiger charge is 2.21. The molecule has 1 atom stereocenters. The van der Waals surface area contributed by atoms with E-state index in [1.807, 2.05) is 24.0 Å². The summed E-state index contributed by atoms with van der Waals surface area (Å²) >= 11 is 0. The van der Waals surface area contributed by atoms with Gasteiger partial charge in [0.05, 0.1) is 17.7 Å². The molecule has 0 bridgehead atoms. The van der Waals surface area contributed by atoms with Crippen molar-refractivity contribution in [2.45, 2.75) is 46.2 Å². The molecule has 0 aliphatic carbocycles. The Morgan fingerprint density at radius 1 is 1.33 bits per heavy atom. The van der Waals surface area contributed by atoms with E-state index >= 15 is 0 Å². The van der Waals surface area contributed by atoms with Crippen molar-refractivity contribution in [1.29, 1.82) is 5.26 Å². The fourth-order valence-corrected chi connectivity index (χ4v) is 2.29. The molecule has 21 heavy (non-hydrogen) atoms. The lowest BCUT2D eigenvalue weighted by atomic mass is 10.0.